The van der Waals surface area contributed by atoms with Crippen LogP contribution in [-0.2, 0) is 19.1 Å². The normalized spacial score (nSPS) is 15.3. The summed E-state index contributed by atoms with van der Waals surface area (Å²) in [5, 5.41) is 4.90. The van der Waals surface area contributed by atoms with E-state index in [1.54, 1.807) is 25.1 Å². The van der Waals surface area contributed by atoms with Gasteiger partial charge < -0.3 is 29.6 Å². The third-order valence-electron chi connectivity index (χ3n) is 4.58. The van der Waals surface area contributed by atoms with Gasteiger partial charge in [0.05, 0.1) is 44.1 Å². The average Bonchev–Trinajstić information content (AvgIpc) is 3.01. The summed E-state index contributed by atoms with van der Waals surface area (Å²) < 4.78 is 21.2. The van der Waals surface area contributed by atoms with Crippen LogP contribution in [0.15, 0.2) is 29.5 Å². The van der Waals surface area contributed by atoms with Crippen LogP contribution >= 0.6 is 0 Å². The number of esters is 2. The van der Waals surface area contributed by atoms with E-state index in [1.165, 1.54) is 0 Å². The summed E-state index contributed by atoms with van der Waals surface area (Å²) in [5.41, 5.74) is 0.747. The maximum absolute atomic E-state index is 12.4. The zero-order valence-corrected chi connectivity index (χ0v) is 17.2. The van der Waals surface area contributed by atoms with Gasteiger partial charge in [0.1, 0.15) is 6.61 Å². The Kier molecular flexibility index (Phi) is 7.47. The van der Waals surface area contributed by atoms with Crippen LogP contribution in [0.4, 0.5) is 4.79 Å². The number of rotatable bonds is 8. The topological polar surface area (TPSA) is 129 Å². The van der Waals surface area contributed by atoms with Gasteiger partial charge >= 0.3 is 18.0 Å². The standard InChI is InChI=1S/C21H24N2O8/c1-2-28-20(26)14-11-22-21(27)23-15(14)12-31-19(25)7-5-16(24)13-4-6-17-18(10-13)30-9-3-8-29-17/h4,6,10H,2-3,5,7-9,11-12H2,1H3,(H2,22,23,27). The molecule has 0 atom stereocenters. The monoisotopic (exact) mass is 432 g/mol. The first kappa shape index (κ1) is 22.1. The highest BCUT2D eigenvalue weighted by molar-refractivity contribution is 5.98. The third-order valence-corrected chi connectivity index (χ3v) is 4.58. The number of carbonyl (C=O) groups excluding carboxylic acids is 4. The molecular formula is C21H24N2O8. The minimum absolute atomic E-state index is 0.0276. The van der Waals surface area contributed by atoms with Crippen LogP contribution in [0.2, 0.25) is 0 Å². The molecule has 2 amide bonds. The maximum Gasteiger partial charge on any atom is 0.337 e. The number of Topliss-reactive ketones (excluding diaryl/α,β-unsaturated/α-hetero) is 1. The van der Waals surface area contributed by atoms with Crippen LogP contribution in [-0.4, -0.2) is 56.7 Å². The van der Waals surface area contributed by atoms with Crippen molar-refractivity contribution in [3.63, 3.8) is 0 Å². The molecule has 2 aliphatic rings. The van der Waals surface area contributed by atoms with Gasteiger partial charge in [-0.05, 0) is 25.1 Å². The fraction of sp³-hybridized carbons (Fsp3) is 0.429. The van der Waals surface area contributed by atoms with Gasteiger partial charge in [-0.25, -0.2) is 9.59 Å². The summed E-state index contributed by atoms with van der Waals surface area (Å²) in [6.07, 6.45) is 0.548. The van der Waals surface area contributed by atoms with Gasteiger partial charge in [0, 0.05) is 18.4 Å². The van der Waals surface area contributed by atoms with Crippen molar-refractivity contribution in [1.82, 2.24) is 10.6 Å². The largest absolute Gasteiger partial charge is 0.490 e. The van der Waals surface area contributed by atoms with E-state index < -0.39 is 18.0 Å². The molecule has 31 heavy (non-hydrogen) atoms. The lowest BCUT2D eigenvalue weighted by Gasteiger charge is -2.21. The molecule has 2 N–H and O–H groups in total. The summed E-state index contributed by atoms with van der Waals surface area (Å²) in [7, 11) is 0. The van der Waals surface area contributed by atoms with Crippen LogP contribution in [0, 0.1) is 0 Å². The van der Waals surface area contributed by atoms with Crippen LogP contribution in [0.3, 0.4) is 0 Å². The summed E-state index contributed by atoms with van der Waals surface area (Å²) in [4.78, 5) is 48.0. The van der Waals surface area contributed by atoms with Gasteiger partial charge in [0.25, 0.3) is 0 Å². The Labute approximate surface area is 178 Å². The Bertz CT molecular complexity index is 909. The van der Waals surface area contributed by atoms with E-state index in [0.717, 1.165) is 6.42 Å². The second-order valence-corrected chi connectivity index (χ2v) is 6.78. The molecule has 2 heterocycles. The van der Waals surface area contributed by atoms with Crippen LogP contribution in [0.5, 0.6) is 11.5 Å². The fourth-order valence-electron chi connectivity index (χ4n) is 2.99. The van der Waals surface area contributed by atoms with Gasteiger partial charge in [-0.3, -0.25) is 9.59 Å². The Hall–Kier alpha value is -3.56. The van der Waals surface area contributed by atoms with Crippen molar-refractivity contribution in [3.05, 3.63) is 35.0 Å². The molecule has 0 fully saturated rings. The number of ether oxygens (including phenoxy) is 4. The second-order valence-electron chi connectivity index (χ2n) is 6.78. The number of ketones is 1. The number of benzene rings is 1. The van der Waals surface area contributed by atoms with E-state index in [-0.39, 0.29) is 49.7 Å². The highest BCUT2D eigenvalue weighted by Gasteiger charge is 2.24. The first-order chi connectivity index (χ1) is 15.0. The number of amides is 2. The molecule has 0 spiro atoms. The first-order valence-corrected chi connectivity index (χ1v) is 10.0. The van der Waals surface area contributed by atoms with Gasteiger partial charge in [0.2, 0.25) is 0 Å². The molecule has 0 aromatic heterocycles. The predicted molar refractivity (Wildman–Crippen MR) is 107 cm³/mol. The fourth-order valence-corrected chi connectivity index (χ4v) is 2.99. The highest BCUT2D eigenvalue weighted by Crippen LogP contribution is 2.30. The number of fused-ring (bicyclic) bond motifs is 1. The number of carbonyl (C=O) groups is 4. The van der Waals surface area contributed by atoms with Crippen molar-refractivity contribution in [2.45, 2.75) is 26.2 Å². The number of nitrogens with one attached hydrogen (secondary N) is 2. The van der Waals surface area contributed by atoms with Crippen molar-refractivity contribution in [3.8, 4) is 11.5 Å². The molecule has 1 aromatic rings. The van der Waals surface area contributed by atoms with E-state index in [2.05, 4.69) is 10.6 Å². The van der Waals surface area contributed by atoms with Crippen molar-refractivity contribution in [2.24, 2.45) is 0 Å². The van der Waals surface area contributed by atoms with E-state index >= 15 is 0 Å². The summed E-state index contributed by atoms with van der Waals surface area (Å²) >= 11 is 0. The molecule has 1 aromatic carbocycles. The van der Waals surface area contributed by atoms with Crippen LogP contribution in [0.1, 0.15) is 36.5 Å². The molecule has 0 saturated heterocycles. The maximum atomic E-state index is 12.4. The van der Waals surface area contributed by atoms with Crippen LogP contribution in [0.25, 0.3) is 0 Å². The molecule has 0 bridgehead atoms. The van der Waals surface area contributed by atoms with Crippen molar-refractivity contribution in [2.75, 3.05) is 33.0 Å². The molecule has 166 valence electrons. The molecule has 0 saturated carbocycles. The Morgan fingerprint density at radius 2 is 1.84 bits per heavy atom. The molecular weight excluding hydrogens is 408 g/mol. The van der Waals surface area contributed by atoms with Gasteiger partial charge in [-0.15, -0.1) is 0 Å². The minimum Gasteiger partial charge on any atom is -0.490 e. The van der Waals surface area contributed by atoms with E-state index in [4.69, 9.17) is 18.9 Å². The Morgan fingerprint density at radius 3 is 2.61 bits per heavy atom. The van der Waals surface area contributed by atoms with Gasteiger partial charge in [0.15, 0.2) is 17.3 Å². The Morgan fingerprint density at radius 1 is 1.06 bits per heavy atom. The first-order valence-electron chi connectivity index (χ1n) is 10.0. The Balaban J connectivity index is 1.53. The smallest absolute Gasteiger partial charge is 0.337 e. The van der Waals surface area contributed by atoms with Crippen molar-refractivity contribution < 1.29 is 38.1 Å². The lowest BCUT2D eigenvalue weighted by Crippen LogP contribution is -2.45. The zero-order valence-electron chi connectivity index (χ0n) is 17.2. The molecule has 0 unspecified atom stereocenters. The summed E-state index contributed by atoms with van der Waals surface area (Å²) in [6, 6.07) is 4.40. The van der Waals surface area contributed by atoms with E-state index in [0.29, 0.717) is 30.3 Å². The minimum atomic E-state index is -0.633. The molecule has 3 rings (SSSR count). The van der Waals surface area contributed by atoms with Crippen molar-refractivity contribution in [1.29, 1.82) is 0 Å². The predicted octanol–water partition coefficient (Wildman–Crippen LogP) is 1.48. The quantitative estimate of drug-likeness (QED) is 0.467. The molecule has 10 nitrogen and oxygen atoms in total. The lowest BCUT2D eigenvalue weighted by atomic mass is 10.1. The molecule has 0 aliphatic carbocycles. The van der Waals surface area contributed by atoms with Gasteiger partial charge in [-0.1, -0.05) is 0 Å². The SMILES string of the molecule is CCOC(=O)C1=C(COC(=O)CCC(=O)c2ccc3c(c2)OCCCO3)NC(=O)NC1. The lowest BCUT2D eigenvalue weighted by molar-refractivity contribution is -0.143. The highest BCUT2D eigenvalue weighted by atomic mass is 16.5. The number of urea groups is 1. The van der Waals surface area contributed by atoms with E-state index in [1.807, 2.05) is 0 Å². The molecule has 0 radical (unpaired) electrons. The number of hydrogen-bond acceptors (Lipinski definition) is 8. The molecule has 10 heteroatoms. The van der Waals surface area contributed by atoms with Crippen molar-refractivity contribution >= 4 is 23.8 Å². The third kappa shape index (κ3) is 5.97. The average molecular weight is 432 g/mol. The second kappa shape index (κ2) is 10.5. The number of hydrogen-bond donors (Lipinski definition) is 2. The zero-order chi connectivity index (χ0) is 22.2. The van der Waals surface area contributed by atoms with Crippen LogP contribution < -0.4 is 20.1 Å². The summed E-state index contributed by atoms with van der Waals surface area (Å²) in [5.74, 6) is -0.389. The van der Waals surface area contributed by atoms with Gasteiger partial charge in [-0.2, -0.15) is 0 Å². The summed E-state index contributed by atoms with van der Waals surface area (Å²) in [6.45, 7) is 2.56. The van der Waals surface area contributed by atoms with E-state index in [9.17, 15) is 19.2 Å². The molecule has 2 aliphatic heterocycles.